The maximum Gasteiger partial charge on any atom is 0.161 e. The van der Waals surface area contributed by atoms with Crippen LogP contribution in [0.25, 0.3) is 0 Å². The van der Waals surface area contributed by atoms with Crippen LogP contribution in [0.4, 0.5) is 14.5 Å². The highest BCUT2D eigenvalue weighted by atomic mass is 79.9. The zero-order valence-electron chi connectivity index (χ0n) is 15.3. The normalized spacial score (nSPS) is 16.5. The molecular formula is C20H20BrF2N3O. The highest BCUT2D eigenvalue weighted by molar-refractivity contribution is 9.10. The van der Waals surface area contributed by atoms with Crippen LogP contribution >= 0.6 is 15.9 Å². The third kappa shape index (κ3) is 4.18. The van der Waals surface area contributed by atoms with E-state index in [0.717, 1.165) is 12.1 Å². The van der Waals surface area contributed by atoms with Crippen LogP contribution in [-0.4, -0.2) is 30.5 Å². The van der Waals surface area contributed by atoms with Gasteiger partial charge < -0.3 is 9.74 Å². The highest BCUT2D eigenvalue weighted by Gasteiger charge is 2.28. The van der Waals surface area contributed by atoms with Gasteiger partial charge in [0.15, 0.2) is 6.10 Å². The number of aryl methyl sites for hydroxylation is 1. The molecule has 2 aromatic rings. The van der Waals surface area contributed by atoms with Crippen molar-refractivity contribution < 1.29 is 13.6 Å². The number of aliphatic imine (C=N–C) groups is 1. The van der Waals surface area contributed by atoms with E-state index in [1.165, 1.54) is 12.1 Å². The lowest BCUT2D eigenvalue weighted by Crippen LogP contribution is -2.14. The molecule has 0 aliphatic carbocycles. The van der Waals surface area contributed by atoms with Gasteiger partial charge in [-0.15, -0.1) is 0 Å². The summed E-state index contributed by atoms with van der Waals surface area (Å²) in [5.41, 5.74) is 3.02. The second-order valence-electron chi connectivity index (χ2n) is 6.42. The second-order valence-corrected chi connectivity index (χ2v) is 7.21. The fraction of sp³-hybridized carbons (Fsp3) is 0.300. The molecule has 1 heterocycles. The molecule has 0 radical (unpaired) electrons. The molecule has 3 rings (SSSR count). The number of nitrogens with zero attached hydrogens (tertiary/aromatic N) is 3. The fourth-order valence-corrected chi connectivity index (χ4v) is 3.24. The molecule has 4 nitrogen and oxygen atoms in total. The van der Waals surface area contributed by atoms with Gasteiger partial charge in [-0.25, -0.2) is 13.8 Å². The smallest absolute Gasteiger partial charge is 0.161 e. The lowest BCUT2D eigenvalue weighted by Gasteiger charge is -2.13. The molecule has 27 heavy (non-hydrogen) atoms. The molecule has 2 aromatic carbocycles. The molecule has 1 aliphatic rings. The van der Waals surface area contributed by atoms with Gasteiger partial charge in [-0.05, 0) is 47.5 Å². The number of rotatable bonds is 5. The molecule has 142 valence electrons. The first kappa shape index (κ1) is 19.5. The Kier molecular flexibility index (Phi) is 5.89. The van der Waals surface area contributed by atoms with Gasteiger partial charge in [0.2, 0.25) is 0 Å². The monoisotopic (exact) mass is 435 g/mol. The summed E-state index contributed by atoms with van der Waals surface area (Å²) >= 11 is 3.23. The molecule has 0 aromatic heterocycles. The average Bonchev–Trinajstić information content (AvgIpc) is 3.13. The Bertz CT molecular complexity index is 914. The topological polar surface area (TPSA) is 37.2 Å². The van der Waals surface area contributed by atoms with Gasteiger partial charge in [-0.2, -0.15) is 0 Å². The first-order chi connectivity index (χ1) is 12.9. The summed E-state index contributed by atoms with van der Waals surface area (Å²) < 4.78 is 28.8. The third-order valence-electron chi connectivity index (χ3n) is 4.49. The molecule has 1 aliphatic heterocycles. The first-order valence-corrected chi connectivity index (χ1v) is 9.41. The van der Waals surface area contributed by atoms with Gasteiger partial charge in [0.1, 0.15) is 11.6 Å². The number of benzene rings is 2. The van der Waals surface area contributed by atoms with Gasteiger partial charge in [0, 0.05) is 37.2 Å². The molecule has 1 unspecified atom stereocenters. The standard InChI is InChI=1S/C20H20BrF2N3O/c1-4-26(3)11-24-17-9-16(23)14(8-12(17)2)19-10-18(25-27-19)13-6-5-7-15(22)20(13)21/h5-9,11,19H,4,10H2,1-3H3. The summed E-state index contributed by atoms with van der Waals surface area (Å²) in [5, 5.41) is 4.05. The van der Waals surface area contributed by atoms with E-state index in [9.17, 15) is 8.78 Å². The third-order valence-corrected chi connectivity index (χ3v) is 5.29. The van der Waals surface area contributed by atoms with Crippen LogP contribution in [-0.2, 0) is 4.84 Å². The van der Waals surface area contributed by atoms with Gasteiger partial charge in [-0.1, -0.05) is 17.3 Å². The molecule has 0 saturated carbocycles. The van der Waals surface area contributed by atoms with Gasteiger partial charge in [0.05, 0.1) is 22.2 Å². The zero-order chi connectivity index (χ0) is 19.6. The van der Waals surface area contributed by atoms with E-state index in [2.05, 4.69) is 26.1 Å². The SMILES string of the molecule is CCN(C)C=Nc1cc(F)c(C2CC(c3cccc(F)c3Br)=NO2)cc1C. The lowest BCUT2D eigenvalue weighted by molar-refractivity contribution is 0.0829. The minimum Gasteiger partial charge on any atom is -0.387 e. The number of hydrogen-bond acceptors (Lipinski definition) is 3. The van der Waals surface area contributed by atoms with Crippen molar-refractivity contribution in [3.63, 3.8) is 0 Å². The first-order valence-electron chi connectivity index (χ1n) is 8.62. The van der Waals surface area contributed by atoms with Crippen molar-refractivity contribution in [1.29, 1.82) is 0 Å². The Hall–Kier alpha value is -2.28. The van der Waals surface area contributed by atoms with Crippen LogP contribution < -0.4 is 0 Å². The van der Waals surface area contributed by atoms with Crippen molar-refractivity contribution in [2.24, 2.45) is 10.1 Å². The van der Waals surface area contributed by atoms with E-state index in [1.54, 1.807) is 24.5 Å². The number of oxime groups is 1. The van der Waals surface area contributed by atoms with Crippen LogP contribution in [0.3, 0.4) is 0 Å². The van der Waals surface area contributed by atoms with Crippen LogP contribution in [0.2, 0.25) is 0 Å². The summed E-state index contributed by atoms with van der Waals surface area (Å²) in [6.45, 7) is 4.70. The Morgan fingerprint density at radius 1 is 1.33 bits per heavy atom. The largest absolute Gasteiger partial charge is 0.387 e. The summed E-state index contributed by atoms with van der Waals surface area (Å²) in [6.07, 6.45) is 1.49. The Balaban J connectivity index is 1.81. The number of halogens is 3. The van der Waals surface area contributed by atoms with E-state index in [4.69, 9.17) is 4.84 Å². The van der Waals surface area contributed by atoms with Gasteiger partial charge >= 0.3 is 0 Å². The zero-order valence-corrected chi connectivity index (χ0v) is 16.9. The van der Waals surface area contributed by atoms with E-state index in [1.807, 2.05) is 25.8 Å². The van der Waals surface area contributed by atoms with E-state index in [-0.39, 0.29) is 5.82 Å². The second kappa shape index (κ2) is 8.17. The van der Waals surface area contributed by atoms with Crippen molar-refractivity contribution in [1.82, 2.24) is 4.90 Å². The lowest BCUT2D eigenvalue weighted by atomic mass is 9.98. The summed E-state index contributed by atoms with van der Waals surface area (Å²) in [6, 6.07) is 7.86. The van der Waals surface area contributed by atoms with Crippen molar-refractivity contribution in [3.8, 4) is 0 Å². The molecule has 0 bridgehead atoms. The van der Waals surface area contributed by atoms with Crippen LogP contribution in [0.1, 0.15) is 36.1 Å². The van der Waals surface area contributed by atoms with E-state index in [0.29, 0.717) is 33.4 Å². The van der Waals surface area contributed by atoms with Gasteiger partial charge in [-0.3, -0.25) is 0 Å². The summed E-state index contributed by atoms with van der Waals surface area (Å²) in [7, 11) is 1.90. The molecular weight excluding hydrogens is 416 g/mol. The molecule has 0 fully saturated rings. The maximum atomic E-state index is 14.7. The van der Waals surface area contributed by atoms with E-state index >= 15 is 0 Å². The quantitative estimate of drug-likeness (QED) is 0.458. The molecule has 7 heteroatoms. The Morgan fingerprint density at radius 2 is 2.11 bits per heavy atom. The van der Waals surface area contributed by atoms with E-state index < -0.39 is 11.9 Å². The van der Waals surface area contributed by atoms with Crippen LogP contribution in [0.5, 0.6) is 0 Å². The minimum atomic E-state index is -0.551. The summed E-state index contributed by atoms with van der Waals surface area (Å²) in [5.74, 6) is -0.772. The van der Waals surface area contributed by atoms with Gasteiger partial charge in [0.25, 0.3) is 0 Å². The Labute approximate surface area is 165 Å². The molecule has 0 N–H and O–H groups in total. The molecule has 0 saturated heterocycles. The maximum absolute atomic E-state index is 14.7. The predicted octanol–water partition coefficient (Wildman–Crippen LogP) is 5.51. The van der Waals surface area contributed by atoms with Crippen molar-refractivity contribution in [3.05, 3.63) is 63.1 Å². The Morgan fingerprint density at radius 3 is 2.85 bits per heavy atom. The molecule has 0 amide bonds. The average molecular weight is 436 g/mol. The van der Waals surface area contributed by atoms with Crippen molar-refractivity contribution in [2.75, 3.05) is 13.6 Å². The van der Waals surface area contributed by atoms with Crippen LogP contribution in [0.15, 0.2) is 45.0 Å². The van der Waals surface area contributed by atoms with Crippen molar-refractivity contribution >= 4 is 33.7 Å². The fourth-order valence-electron chi connectivity index (χ4n) is 2.75. The minimum absolute atomic E-state index is 0.328. The molecule has 0 spiro atoms. The molecule has 1 atom stereocenters. The summed E-state index contributed by atoms with van der Waals surface area (Å²) in [4.78, 5) is 11.7. The van der Waals surface area contributed by atoms with Crippen LogP contribution in [0, 0.1) is 18.6 Å². The number of hydrogen-bond donors (Lipinski definition) is 0. The highest BCUT2D eigenvalue weighted by Crippen LogP contribution is 2.35. The predicted molar refractivity (Wildman–Crippen MR) is 107 cm³/mol. The van der Waals surface area contributed by atoms with Crippen molar-refractivity contribution in [2.45, 2.75) is 26.4 Å².